The van der Waals surface area contributed by atoms with E-state index in [1.807, 2.05) is 12.1 Å². The summed E-state index contributed by atoms with van der Waals surface area (Å²) >= 11 is 6.70. The molecule has 0 fully saturated rings. The van der Waals surface area contributed by atoms with Gasteiger partial charge in [-0.15, -0.1) is 0 Å². The number of furan rings is 1. The normalized spacial score (nSPS) is 11.3. The van der Waals surface area contributed by atoms with E-state index in [2.05, 4.69) is 186 Å². The summed E-state index contributed by atoms with van der Waals surface area (Å²) in [6.45, 7) is 0. The van der Waals surface area contributed by atoms with Crippen LogP contribution in [-0.2, 0) is 0 Å². The topological polar surface area (TPSA) is 19.6 Å². The molecule has 9 aromatic rings. The van der Waals surface area contributed by atoms with Gasteiger partial charge >= 0.3 is 0 Å². The fourth-order valence-electron chi connectivity index (χ4n) is 7.04. The van der Waals surface area contributed by atoms with Crippen LogP contribution in [0.2, 0.25) is 5.02 Å². The van der Waals surface area contributed by atoms with Crippen LogP contribution in [0.4, 0.5) is 34.1 Å². The first-order valence-electron chi connectivity index (χ1n) is 16.7. The third-order valence-electron chi connectivity index (χ3n) is 9.27. The van der Waals surface area contributed by atoms with Crippen molar-refractivity contribution in [2.75, 3.05) is 9.80 Å². The molecule has 0 unspecified atom stereocenters. The van der Waals surface area contributed by atoms with Gasteiger partial charge in [0, 0.05) is 44.2 Å². The molecule has 238 valence electrons. The van der Waals surface area contributed by atoms with Crippen LogP contribution in [0.1, 0.15) is 0 Å². The average molecular weight is 663 g/mol. The van der Waals surface area contributed by atoms with Crippen molar-refractivity contribution in [1.82, 2.24) is 0 Å². The van der Waals surface area contributed by atoms with E-state index in [4.69, 9.17) is 16.0 Å². The Morgan fingerprint density at radius 3 is 1.48 bits per heavy atom. The summed E-state index contributed by atoms with van der Waals surface area (Å²) in [5.41, 5.74) is 10.1. The maximum Gasteiger partial charge on any atom is 0.138 e. The third kappa shape index (κ3) is 5.25. The number of para-hydroxylation sites is 4. The quantitative estimate of drug-likeness (QED) is 0.169. The highest BCUT2D eigenvalue weighted by Crippen LogP contribution is 2.47. The van der Waals surface area contributed by atoms with Gasteiger partial charge in [-0.25, -0.2) is 0 Å². The van der Waals surface area contributed by atoms with Gasteiger partial charge in [0.25, 0.3) is 0 Å². The van der Waals surface area contributed by atoms with Gasteiger partial charge in [-0.3, -0.25) is 0 Å². The minimum atomic E-state index is 0.735. The fourth-order valence-corrected chi connectivity index (χ4v) is 7.27. The average Bonchev–Trinajstić information content (AvgIpc) is 3.55. The van der Waals surface area contributed by atoms with Gasteiger partial charge in [0.05, 0.1) is 11.1 Å². The lowest BCUT2D eigenvalue weighted by atomic mass is 9.95. The van der Waals surface area contributed by atoms with E-state index in [1.165, 1.54) is 0 Å². The molecule has 0 radical (unpaired) electrons. The molecule has 0 amide bonds. The van der Waals surface area contributed by atoms with E-state index in [0.29, 0.717) is 0 Å². The maximum atomic E-state index is 6.79. The highest BCUT2D eigenvalue weighted by molar-refractivity contribution is 6.36. The van der Waals surface area contributed by atoms with Crippen molar-refractivity contribution in [3.05, 3.63) is 193 Å². The Morgan fingerprint density at radius 1 is 0.380 bits per heavy atom. The van der Waals surface area contributed by atoms with Crippen LogP contribution in [0.3, 0.4) is 0 Å². The third-order valence-corrected chi connectivity index (χ3v) is 9.60. The molecule has 8 aromatic carbocycles. The monoisotopic (exact) mass is 662 g/mol. The summed E-state index contributed by atoms with van der Waals surface area (Å²) in [4.78, 5) is 4.62. The summed E-state index contributed by atoms with van der Waals surface area (Å²) in [6, 6.07) is 65.5. The second kappa shape index (κ2) is 12.6. The van der Waals surface area contributed by atoms with Crippen LogP contribution >= 0.6 is 11.6 Å². The van der Waals surface area contributed by atoms with Crippen molar-refractivity contribution in [3.8, 4) is 11.1 Å². The number of rotatable bonds is 7. The van der Waals surface area contributed by atoms with Gasteiger partial charge in [0.2, 0.25) is 0 Å². The molecule has 50 heavy (non-hydrogen) atoms. The first kappa shape index (κ1) is 29.8. The number of anilines is 6. The van der Waals surface area contributed by atoms with Crippen LogP contribution in [0.25, 0.3) is 43.8 Å². The van der Waals surface area contributed by atoms with Crippen molar-refractivity contribution >= 4 is 78.4 Å². The van der Waals surface area contributed by atoms with Crippen LogP contribution in [-0.4, -0.2) is 0 Å². The predicted molar refractivity (Wildman–Crippen MR) is 211 cm³/mol. The van der Waals surface area contributed by atoms with Crippen molar-refractivity contribution in [2.45, 2.75) is 0 Å². The zero-order valence-electron chi connectivity index (χ0n) is 27.1. The first-order chi connectivity index (χ1) is 24.7. The molecule has 0 aliphatic rings. The Kier molecular flexibility index (Phi) is 7.53. The zero-order chi connectivity index (χ0) is 33.4. The second-order valence-electron chi connectivity index (χ2n) is 12.3. The molecule has 0 spiro atoms. The molecule has 1 heterocycles. The first-order valence-corrected chi connectivity index (χ1v) is 17.1. The summed E-state index contributed by atoms with van der Waals surface area (Å²) in [6.07, 6.45) is 0. The van der Waals surface area contributed by atoms with Crippen LogP contribution in [0.15, 0.2) is 192 Å². The summed E-state index contributed by atoms with van der Waals surface area (Å²) in [5.74, 6) is 0. The Balaban J connectivity index is 1.36. The lowest BCUT2D eigenvalue weighted by molar-refractivity contribution is 0.669. The second-order valence-corrected chi connectivity index (χ2v) is 12.7. The molecular weight excluding hydrogens is 632 g/mol. The number of nitrogens with zero attached hydrogens (tertiary/aromatic N) is 2. The molecular formula is C46H31ClN2O. The van der Waals surface area contributed by atoms with E-state index < -0.39 is 0 Å². The summed E-state index contributed by atoms with van der Waals surface area (Å²) < 4.78 is 6.79. The van der Waals surface area contributed by atoms with Crippen molar-refractivity contribution in [3.63, 3.8) is 0 Å². The highest BCUT2D eigenvalue weighted by Gasteiger charge is 2.23. The van der Waals surface area contributed by atoms with Gasteiger partial charge in [-0.05, 0) is 101 Å². The molecule has 0 N–H and O–H groups in total. The van der Waals surface area contributed by atoms with Crippen molar-refractivity contribution in [1.29, 1.82) is 0 Å². The van der Waals surface area contributed by atoms with E-state index in [-0.39, 0.29) is 0 Å². The molecule has 0 bridgehead atoms. The summed E-state index contributed by atoms with van der Waals surface area (Å²) in [7, 11) is 0. The lowest BCUT2D eigenvalue weighted by Crippen LogP contribution is -2.10. The van der Waals surface area contributed by atoms with Crippen LogP contribution in [0.5, 0.6) is 0 Å². The lowest BCUT2D eigenvalue weighted by Gasteiger charge is -2.27. The molecule has 1 aromatic heterocycles. The molecule has 0 aliphatic carbocycles. The fraction of sp³-hybridized carbons (Fsp3) is 0. The Morgan fingerprint density at radius 2 is 0.900 bits per heavy atom. The van der Waals surface area contributed by atoms with Gasteiger partial charge in [-0.1, -0.05) is 115 Å². The van der Waals surface area contributed by atoms with Crippen LogP contribution < -0.4 is 9.80 Å². The standard InChI is InChI=1S/C46H31ClN2O/c47-42-27-26-38(39-23-13-14-24-40(39)42)32-29-43(49(35-19-9-3-10-20-35)36-21-11-4-12-22-36)46-41-31-37(25-28-44(41)50-45(46)30-32)48(33-15-5-1-6-16-33)34-17-7-2-8-18-34/h1-31H. The molecule has 0 saturated heterocycles. The van der Waals surface area contributed by atoms with Gasteiger partial charge < -0.3 is 14.2 Å². The van der Waals surface area contributed by atoms with Crippen molar-refractivity contribution in [2.24, 2.45) is 0 Å². The molecule has 3 nitrogen and oxygen atoms in total. The number of benzene rings is 8. The van der Waals surface area contributed by atoms with E-state index in [9.17, 15) is 0 Å². The number of halogens is 1. The maximum absolute atomic E-state index is 6.79. The number of fused-ring (bicyclic) bond motifs is 4. The zero-order valence-corrected chi connectivity index (χ0v) is 27.8. The molecule has 0 saturated carbocycles. The molecule has 0 aliphatic heterocycles. The highest BCUT2D eigenvalue weighted by atomic mass is 35.5. The Bertz CT molecular complexity index is 2520. The largest absolute Gasteiger partial charge is 0.456 e. The van der Waals surface area contributed by atoms with E-state index >= 15 is 0 Å². The SMILES string of the molecule is Clc1ccc(-c2cc(N(c3ccccc3)c3ccccc3)c3c(c2)oc2ccc(N(c4ccccc4)c4ccccc4)cc23)c2ccccc12. The minimum Gasteiger partial charge on any atom is -0.456 e. The smallest absolute Gasteiger partial charge is 0.138 e. The van der Waals surface area contributed by atoms with Crippen LogP contribution in [0, 0.1) is 0 Å². The van der Waals surface area contributed by atoms with Crippen molar-refractivity contribution < 1.29 is 4.42 Å². The molecule has 4 heteroatoms. The molecule has 0 atom stereocenters. The van der Waals surface area contributed by atoms with E-state index in [0.717, 1.165) is 83.0 Å². The predicted octanol–water partition coefficient (Wildman–Crippen LogP) is 14.0. The number of hydrogen-bond acceptors (Lipinski definition) is 3. The summed E-state index contributed by atoms with van der Waals surface area (Å²) in [5, 5.41) is 4.92. The van der Waals surface area contributed by atoms with E-state index in [1.54, 1.807) is 0 Å². The Labute approximate surface area is 295 Å². The molecule has 9 rings (SSSR count). The number of hydrogen-bond donors (Lipinski definition) is 0. The Hall–Kier alpha value is -6.29. The van der Waals surface area contributed by atoms with Gasteiger partial charge in [0.1, 0.15) is 11.2 Å². The van der Waals surface area contributed by atoms with Gasteiger partial charge in [-0.2, -0.15) is 0 Å². The van der Waals surface area contributed by atoms with Gasteiger partial charge in [0.15, 0.2) is 0 Å². The minimum absolute atomic E-state index is 0.735.